The van der Waals surface area contributed by atoms with E-state index in [1.54, 1.807) is 11.8 Å². The van der Waals surface area contributed by atoms with Gasteiger partial charge in [-0.2, -0.15) is 0 Å². The third-order valence-electron chi connectivity index (χ3n) is 2.81. The van der Waals surface area contributed by atoms with E-state index in [1.165, 1.54) is 17.3 Å². The summed E-state index contributed by atoms with van der Waals surface area (Å²) in [7, 11) is 0. The average Bonchev–Trinajstić information content (AvgIpc) is 2.50. The Kier molecular flexibility index (Phi) is 6.33. The summed E-state index contributed by atoms with van der Waals surface area (Å²) < 4.78 is 0.858. The normalized spacial score (nSPS) is 13.3. The molecule has 0 saturated carbocycles. The maximum Gasteiger partial charge on any atom is 0.321 e. The molecule has 1 aromatic rings. The number of amides is 3. The van der Waals surface area contributed by atoms with Crippen LogP contribution in [-0.2, 0) is 10.5 Å². The molecule has 0 saturated heterocycles. The van der Waals surface area contributed by atoms with Crippen LogP contribution in [0.1, 0.15) is 19.4 Å². The van der Waals surface area contributed by atoms with Crippen LogP contribution >= 0.6 is 23.5 Å². The number of nitrogens with zero attached hydrogens (tertiary/aromatic N) is 1. The van der Waals surface area contributed by atoms with Crippen molar-refractivity contribution in [1.82, 2.24) is 10.6 Å². The van der Waals surface area contributed by atoms with Crippen molar-refractivity contribution in [3.8, 4) is 0 Å². The predicted molar refractivity (Wildman–Crippen MR) is 93.7 cm³/mol. The van der Waals surface area contributed by atoms with Gasteiger partial charge in [0.05, 0.1) is 11.4 Å². The summed E-state index contributed by atoms with van der Waals surface area (Å²) in [6.07, 6.45) is 0. The fourth-order valence-corrected chi connectivity index (χ4v) is 3.58. The average molecular weight is 337 g/mol. The molecule has 0 aliphatic carbocycles. The van der Waals surface area contributed by atoms with E-state index in [0.29, 0.717) is 12.5 Å². The monoisotopic (exact) mass is 337 g/mol. The summed E-state index contributed by atoms with van der Waals surface area (Å²) >= 11 is 2.97. The lowest BCUT2D eigenvalue weighted by molar-refractivity contribution is -0.117. The Morgan fingerprint density at radius 3 is 2.91 bits per heavy atom. The Balaban J connectivity index is 1.78. The Labute approximate surface area is 138 Å². The highest BCUT2D eigenvalue weighted by molar-refractivity contribution is 8.38. The zero-order chi connectivity index (χ0) is 15.9. The van der Waals surface area contributed by atoms with Gasteiger partial charge in [-0.15, -0.1) is 0 Å². The second-order valence-electron chi connectivity index (χ2n) is 5.24. The molecule has 7 heteroatoms. The number of benzene rings is 1. The minimum Gasteiger partial charge on any atom is -0.338 e. The van der Waals surface area contributed by atoms with E-state index in [0.717, 1.165) is 15.8 Å². The van der Waals surface area contributed by atoms with E-state index < -0.39 is 6.03 Å². The molecule has 0 radical (unpaired) electrons. The number of carbonyl (C=O) groups is 2. The van der Waals surface area contributed by atoms with Crippen molar-refractivity contribution in [3.63, 3.8) is 0 Å². The van der Waals surface area contributed by atoms with Crippen molar-refractivity contribution < 1.29 is 9.59 Å². The molecule has 0 unspecified atom stereocenters. The molecule has 22 heavy (non-hydrogen) atoms. The van der Waals surface area contributed by atoms with Gasteiger partial charge in [0.2, 0.25) is 5.91 Å². The minimum absolute atomic E-state index is 0.184. The number of fused-ring (bicyclic) bond motifs is 1. The molecule has 0 atom stereocenters. The molecule has 3 amide bonds. The highest BCUT2D eigenvalue weighted by Crippen LogP contribution is 2.34. The first-order valence-electron chi connectivity index (χ1n) is 7.04. The van der Waals surface area contributed by atoms with Crippen molar-refractivity contribution in [2.75, 3.05) is 12.3 Å². The summed E-state index contributed by atoms with van der Waals surface area (Å²) in [6.45, 7) is 4.54. The molecule has 0 bridgehead atoms. The van der Waals surface area contributed by atoms with E-state index in [4.69, 9.17) is 0 Å². The second-order valence-corrected chi connectivity index (χ2v) is 7.42. The predicted octanol–water partition coefficient (Wildman–Crippen LogP) is 3.14. The van der Waals surface area contributed by atoms with Gasteiger partial charge in [0, 0.05) is 12.3 Å². The largest absolute Gasteiger partial charge is 0.338 e. The van der Waals surface area contributed by atoms with Gasteiger partial charge in [-0.25, -0.2) is 9.79 Å². The van der Waals surface area contributed by atoms with E-state index in [9.17, 15) is 9.59 Å². The zero-order valence-electron chi connectivity index (χ0n) is 12.6. The highest BCUT2D eigenvalue weighted by Gasteiger charge is 2.15. The maximum atomic E-state index is 11.7. The SMILES string of the molecule is CC(C)CNC(=O)NC(=O)CSC1=Nc2ccccc2CS1. The summed E-state index contributed by atoms with van der Waals surface area (Å²) in [6, 6.07) is 7.53. The molecule has 5 nitrogen and oxygen atoms in total. The molecule has 0 spiro atoms. The number of carbonyl (C=O) groups excluding carboxylic acids is 2. The Bertz CT molecular complexity index is 588. The molecular weight excluding hydrogens is 318 g/mol. The van der Waals surface area contributed by atoms with Crippen molar-refractivity contribution in [2.45, 2.75) is 19.6 Å². The van der Waals surface area contributed by atoms with Gasteiger partial charge in [0.25, 0.3) is 0 Å². The number of imide groups is 1. The number of urea groups is 1. The highest BCUT2D eigenvalue weighted by atomic mass is 32.2. The first-order chi connectivity index (χ1) is 10.5. The number of nitrogens with one attached hydrogen (secondary N) is 2. The summed E-state index contributed by atoms with van der Waals surface area (Å²) in [5.74, 6) is 1.08. The van der Waals surface area contributed by atoms with Gasteiger partial charge in [0.1, 0.15) is 4.38 Å². The molecule has 1 heterocycles. The van der Waals surface area contributed by atoms with Gasteiger partial charge in [0.15, 0.2) is 0 Å². The van der Waals surface area contributed by atoms with Crippen LogP contribution in [-0.4, -0.2) is 28.6 Å². The Hall–Kier alpha value is -1.47. The van der Waals surface area contributed by atoms with Crippen molar-refractivity contribution >= 4 is 45.5 Å². The standard InChI is InChI=1S/C15H19N3O2S2/c1-10(2)7-16-14(20)18-13(19)9-22-15-17-12-6-4-3-5-11(12)8-21-15/h3-6,10H,7-9H2,1-2H3,(H2,16,18,19,20). The first-order valence-corrected chi connectivity index (χ1v) is 9.01. The zero-order valence-corrected chi connectivity index (χ0v) is 14.2. The summed E-state index contributed by atoms with van der Waals surface area (Å²) in [5.41, 5.74) is 2.16. The molecule has 118 valence electrons. The van der Waals surface area contributed by atoms with Gasteiger partial charge in [-0.3, -0.25) is 10.1 Å². The van der Waals surface area contributed by atoms with Crippen molar-refractivity contribution in [3.05, 3.63) is 29.8 Å². The van der Waals surface area contributed by atoms with Crippen LogP contribution in [0, 0.1) is 5.92 Å². The third-order valence-corrected chi connectivity index (χ3v) is 5.05. The lowest BCUT2D eigenvalue weighted by Crippen LogP contribution is -2.41. The van der Waals surface area contributed by atoms with E-state index >= 15 is 0 Å². The number of hydrogen-bond acceptors (Lipinski definition) is 5. The molecule has 0 fully saturated rings. The van der Waals surface area contributed by atoms with Crippen LogP contribution in [0.5, 0.6) is 0 Å². The fourth-order valence-electron chi connectivity index (χ4n) is 1.72. The van der Waals surface area contributed by atoms with Crippen molar-refractivity contribution in [2.24, 2.45) is 10.9 Å². The van der Waals surface area contributed by atoms with Crippen LogP contribution in [0.3, 0.4) is 0 Å². The number of hydrogen-bond donors (Lipinski definition) is 2. The molecule has 2 rings (SSSR count). The van der Waals surface area contributed by atoms with Gasteiger partial charge in [-0.1, -0.05) is 55.6 Å². The summed E-state index contributed by atoms with van der Waals surface area (Å²) in [4.78, 5) is 27.7. The lowest BCUT2D eigenvalue weighted by atomic mass is 10.2. The van der Waals surface area contributed by atoms with Crippen molar-refractivity contribution in [1.29, 1.82) is 0 Å². The van der Waals surface area contributed by atoms with Gasteiger partial charge < -0.3 is 5.32 Å². The van der Waals surface area contributed by atoms with E-state index in [-0.39, 0.29) is 11.7 Å². The first kappa shape index (κ1) is 16.9. The number of rotatable bonds is 4. The number of para-hydroxylation sites is 1. The van der Waals surface area contributed by atoms with E-state index in [1.807, 2.05) is 32.0 Å². The molecule has 1 aliphatic rings. The van der Waals surface area contributed by atoms with Crippen LogP contribution in [0.2, 0.25) is 0 Å². The van der Waals surface area contributed by atoms with E-state index in [2.05, 4.69) is 21.7 Å². The molecule has 0 aromatic heterocycles. The smallest absolute Gasteiger partial charge is 0.321 e. The van der Waals surface area contributed by atoms with Gasteiger partial charge >= 0.3 is 6.03 Å². The molecule has 1 aliphatic heterocycles. The van der Waals surface area contributed by atoms with Crippen LogP contribution < -0.4 is 10.6 Å². The molecular formula is C15H19N3O2S2. The quantitative estimate of drug-likeness (QED) is 0.885. The van der Waals surface area contributed by atoms with Crippen LogP contribution in [0.25, 0.3) is 0 Å². The Morgan fingerprint density at radius 1 is 1.36 bits per heavy atom. The number of thioether (sulfide) groups is 2. The number of aliphatic imine (C=N–C) groups is 1. The lowest BCUT2D eigenvalue weighted by Gasteiger charge is -2.14. The second kappa shape index (κ2) is 8.24. The maximum absolute atomic E-state index is 11.7. The third kappa shape index (κ3) is 5.38. The minimum atomic E-state index is -0.442. The summed E-state index contributed by atoms with van der Waals surface area (Å²) in [5, 5.41) is 4.97. The Morgan fingerprint density at radius 2 is 2.14 bits per heavy atom. The van der Waals surface area contributed by atoms with Crippen LogP contribution in [0.15, 0.2) is 29.3 Å². The fraction of sp³-hybridized carbons (Fsp3) is 0.400. The molecule has 2 N–H and O–H groups in total. The van der Waals surface area contributed by atoms with Crippen LogP contribution in [0.4, 0.5) is 10.5 Å². The van der Waals surface area contributed by atoms with Gasteiger partial charge in [-0.05, 0) is 17.5 Å². The topological polar surface area (TPSA) is 70.6 Å². The molecule has 1 aromatic carbocycles.